The van der Waals surface area contributed by atoms with Gasteiger partial charge in [-0.05, 0) is 25.5 Å². The average molecular weight is 358 g/mol. The summed E-state index contributed by atoms with van der Waals surface area (Å²) in [6, 6.07) is 10.9. The number of amides is 1. The molecule has 0 radical (unpaired) electrons. The fourth-order valence-electron chi connectivity index (χ4n) is 3.31. The smallest absolute Gasteiger partial charge is 0.273 e. The molecule has 1 atom stereocenters. The lowest BCUT2D eigenvalue weighted by Gasteiger charge is -2.37. The largest absolute Gasteiger partial charge is 0.336 e. The quantitative estimate of drug-likeness (QED) is 0.811. The monoisotopic (exact) mass is 357 g/mol. The van der Waals surface area contributed by atoms with Crippen LogP contribution in [-0.4, -0.2) is 46.9 Å². The lowest BCUT2D eigenvalue weighted by Crippen LogP contribution is -2.48. The van der Waals surface area contributed by atoms with Gasteiger partial charge in [0.15, 0.2) is 0 Å². The van der Waals surface area contributed by atoms with Crippen LogP contribution in [0, 0.1) is 0 Å². The molecule has 2 heterocycles. The van der Waals surface area contributed by atoms with Gasteiger partial charge >= 0.3 is 0 Å². The van der Waals surface area contributed by atoms with Crippen LogP contribution in [-0.2, 0) is 6.54 Å². The minimum atomic E-state index is 0.0842. The molecule has 0 aliphatic carbocycles. The van der Waals surface area contributed by atoms with Crippen molar-refractivity contribution in [1.29, 1.82) is 0 Å². The fraction of sp³-hybridized carbons (Fsp3) is 0.500. The maximum atomic E-state index is 12.8. The first kappa shape index (κ1) is 18.1. The SMILES string of the molecule is CC(C)c1nc(C(=O)N2CCC[C@H](N(C)Cc3ccccc3)C2)cs1. The minimum Gasteiger partial charge on any atom is -0.336 e. The van der Waals surface area contributed by atoms with E-state index < -0.39 is 0 Å². The number of thiazole rings is 1. The van der Waals surface area contributed by atoms with Crippen LogP contribution in [0.15, 0.2) is 35.7 Å². The number of hydrogen-bond acceptors (Lipinski definition) is 4. The summed E-state index contributed by atoms with van der Waals surface area (Å²) in [5, 5.41) is 2.95. The molecule has 1 aliphatic heterocycles. The summed E-state index contributed by atoms with van der Waals surface area (Å²) in [7, 11) is 2.16. The van der Waals surface area contributed by atoms with E-state index in [1.807, 2.05) is 16.3 Å². The Labute approximate surface area is 154 Å². The fourth-order valence-corrected chi connectivity index (χ4v) is 4.12. The van der Waals surface area contributed by atoms with E-state index in [9.17, 15) is 4.79 Å². The predicted octanol–water partition coefficient (Wildman–Crippen LogP) is 4.00. The zero-order chi connectivity index (χ0) is 17.8. The molecular formula is C20H27N3OS. The van der Waals surface area contributed by atoms with Crippen LogP contribution >= 0.6 is 11.3 Å². The van der Waals surface area contributed by atoms with Gasteiger partial charge in [0.05, 0.1) is 5.01 Å². The molecule has 2 aromatic rings. The molecule has 0 N–H and O–H groups in total. The number of nitrogens with zero attached hydrogens (tertiary/aromatic N) is 3. The summed E-state index contributed by atoms with van der Waals surface area (Å²) < 4.78 is 0. The van der Waals surface area contributed by atoms with Gasteiger partial charge in [-0.3, -0.25) is 9.69 Å². The van der Waals surface area contributed by atoms with Crippen LogP contribution in [0.1, 0.15) is 53.7 Å². The number of likely N-dealkylation sites (tertiary alicyclic amines) is 1. The number of aromatic nitrogens is 1. The molecule has 1 aromatic carbocycles. The van der Waals surface area contributed by atoms with E-state index >= 15 is 0 Å². The predicted molar refractivity (Wildman–Crippen MR) is 103 cm³/mol. The Balaban J connectivity index is 1.62. The molecule has 1 amide bonds. The molecule has 5 heteroatoms. The van der Waals surface area contributed by atoms with Crippen LogP contribution in [0.3, 0.4) is 0 Å². The third kappa shape index (κ3) is 4.47. The number of likely N-dealkylation sites (N-methyl/N-ethyl adjacent to an activating group) is 1. The van der Waals surface area contributed by atoms with Crippen molar-refractivity contribution in [2.75, 3.05) is 20.1 Å². The highest BCUT2D eigenvalue weighted by Crippen LogP contribution is 2.22. The summed E-state index contributed by atoms with van der Waals surface area (Å²) in [5.74, 6) is 0.457. The van der Waals surface area contributed by atoms with Gasteiger partial charge in [0.2, 0.25) is 0 Å². The Morgan fingerprint density at radius 3 is 2.80 bits per heavy atom. The Hall–Kier alpha value is -1.72. The third-order valence-corrected chi connectivity index (χ3v) is 5.96. The second kappa shape index (κ2) is 8.11. The number of carbonyl (C=O) groups is 1. The zero-order valence-corrected chi connectivity index (χ0v) is 16.1. The third-order valence-electron chi connectivity index (χ3n) is 4.82. The van der Waals surface area contributed by atoms with Crippen LogP contribution in [0.5, 0.6) is 0 Å². The van der Waals surface area contributed by atoms with Gasteiger partial charge in [0.1, 0.15) is 5.69 Å². The Bertz CT molecular complexity index is 698. The minimum absolute atomic E-state index is 0.0842. The van der Waals surface area contributed by atoms with Gasteiger partial charge in [-0.1, -0.05) is 44.2 Å². The van der Waals surface area contributed by atoms with Gasteiger partial charge in [0.25, 0.3) is 5.91 Å². The number of rotatable bonds is 5. The molecule has 4 nitrogen and oxygen atoms in total. The highest BCUT2D eigenvalue weighted by Gasteiger charge is 2.28. The maximum absolute atomic E-state index is 12.8. The van der Waals surface area contributed by atoms with Gasteiger partial charge in [0, 0.05) is 37.0 Å². The summed E-state index contributed by atoms with van der Waals surface area (Å²) in [5.41, 5.74) is 1.93. The molecule has 0 unspecified atom stereocenters. The molecular weight excluding hydrogens is 330 g/mol. The summed E-state index contributed by atoms with van der Waals surface area (Å²) in [4.78, 5) is 21.7. The number of hydrogen-bond donors (Lipinski definition) is 0. The van der Waals surface area contributed by atoms with E-state index in [2.05, 4.69) is 55.0 Å². The van der Waals surface area contributed by atoms with E-state index in [0.29, 0.717) is 17.7 Å². The molecule has 1 fully saturated rings. The molecule has 3 rings (SSSR count). The molecule has 134 valence electrons. The van der Waals surface area contributed by atoms with Crippen molar-refractivity contribution in [3.63, 3.8) is 0 Å². The molecule has 1 saturated heterocycles. The second-order valence-electron chi connectivity index (χ2n) is 7.17. The number of piperidine rings is 1. The highest BCUT2D eigenvalue weighted by atomic mass is 32.1. The Morgan fingerprint density at radius 2 is 2.12 bits per heavy atom. The van der Waals surface area contributed by atoms with Crippen molar-refractivity contribution in [2.45, 2.75) is 45.2 Å². The second-order valence-corrected chi connectivity index (χ2v) is 8.06. The molecule has 25 heavy (non-hydrogen) atoms. The van der Waals surface area contributed by atoms with Crippen LogP contribution < -0.4 is 0 Å². The first-order valence-corrected chi connectivity index (χ1v) is 9.91. The first-order chi connectivity index (χ1) is 12.0. The first-order valence-electron chi connectivity index (χ1n) is 9.03. The Morgan fingerprint density at radius 1 is 1.36 bits per heavy atom. The van der Waals surface area contributed by atoms with E-state index in [1.54, 1.807) is 11.3 Å². The van der Waals surface area contributed by atoms with Gasteiger partial charge in [-0.25, -0.2) is 4.98 Å². The van der Waals surface area contributed by atoms with E-state index in [4.69, 9.17) is 0 Å². The Kier molecular flexibility index (Phi) is 5.86. The lowest BCUT2D eigenvalue weighted by molar-refractivity contribution is 0.0597. The maximum Gasteiger partial charge on any atom is 0.273 e. The van der Waals surface area contributed by atoms with Crippen molar-refractivity contribution < 1.29 is 4.79 Å². The average Bonchev–Trinajstić information content (AvgIpc) is 3.12. The van der Waals surface area contributed by atoms with Crippen molar-refractivity contribution in [3.05, 3.63) is 52.0 Å². The van der Waals surface area contributed by atoms with Crippen molar-refractivity contribution >= 4 is 17.2 Å². The van der Waals surface area contributed by atoms with E-state index in [0.717, 1.165) is 37.5 Å². The van der Waals surface area contributed by atoms with Crippen molar-refractivity contribution in [2.24, 2.45) is 0 Å². The normalized spacial score (nSPS) is 18.1. The topological polar surface area (TPSA) is 36.4 Å². The number of carbonyl (C=O) groups excluding carboxylic acids is 1. The molecule has 1 aliphatic rings. The number of benzene rings is 1. The van der Waals surface area contributed by atoms with Crippen molar-refractivity contribution in [3.8, 4) is 0 Å². The van der Waals surface area contributed by atoms with Gasteiger partial charge < -0.3 is 4.90 Å². The lowest BCUT2D eigenvalue weighted by atomic mass is 10.0. The van der Waals surface area contributed by atoms with Crippen LogP contribution in [0.25, 0.3) is 0 Å². The standard InChI is InChI=1S/C20H27N3OS/c1-15(2)19-21-18(14-25-19)20(24)23-11-7-10-17(13-23)22(3)12-16-8-5-4-6-9-16/h4-6,8-9,14-15,17H,7,10-13H2,1-3H3/t17-/m0/s1. The highest BCUT2D eigenvalue weighted by molar-refractivity contribution is 7.09. The van der Waals surface area contributed by atoms with Crippen LogP contribution in [0.2, 0.25) is 0 Å². The van der Waals surface area contributed by atoms with Gasteiger partial charge in [-0.2, -0.15) is 0 Å². The summed E-state index contributed by atoms with van der Waals surface area (Å²) >= 11 is 1.59. The summed E-state index contributed by atoms with van der Waals surface area (Å²) in [6.45, 7) is 6.77. The van der Waals surface area contributed by atoms with Crippen LogP contribution in [0.4, 0.5) is 0 Å². The van der Waals surface area contributed by atoms with Crippen molar-refractivity contribution in [1.82, 2.24) is 14.8 Å². The molecule has 1 aromatic heterocycles. The molecule has 0 spiro atoms. The van der Waals surface area contributed by atoms with E-state index in [1.165, 1.54) is 5.56 Å². The van der Waals surface area contributed by atoms with Gasteiger partial charge in [-0.15, -0.1) is 11.3 Å². The molecule has 0 saturated carbocycles. The zero-order valence-electron chi connectivity index (χ0n) is 15.3. The summed E-state index contributed by atoms with van der Waals surface area (Å²) in [6.07, 6.45) is 2.19. The molecule has 0 bridgehead atoms. The van der Waals surface area contributed by atoms with E-state index in [-0.39, 0.29) is 5.91 Å².